The Hall–Kier alpha value is -1.23. The molecule has 0 amide bonds. The first-order valence-corrected chi connectivity index (χ1v) is 5.04. The lowest BCUT2D eigenvalue weighted by molar-refractivity contribution is 0.581. The lowest BCUT2D eigenvalue weighted by atomic mass is 10.2. The molecule has 0 N–H and O–H groups in total. The van der Waals surface area contributed by atoms with Gasteiger partial charge in [-0.2, -0.15) is 0 Å². The molecule has 4 nitrogen and oxygen atoms in total. The summed E-state index contributed by atoms with van der Waals surface area (Å²) in [6.45, 7) is 2.40. The van der Waals surface area contributed by atoms with Crippen LogP contribution >= 0.6 is 15.9 Å². The van der Waals surface area contributed by atoms with Gasteiger partial charge in [-0.1, -0.05) is 21.1 Å². The number of aromatic nitrogens is 3. The van der Waals surface area contributed by atoms with Crippen LogP contribution < -0.4 is 5.56 Å². The van der Waals surface area contributed by atoms with E-state index in [0.717, 1.165) is 4.47 Å². The molecule has 0 saturated heterocycles. The maximum atomic E-state index is 11.8. The third kappa shape index (κ3) is 1.43. The number of hydrogen-bond acceptors (Lipinski definition) is 3. The van der Waals surface area contributed by atoms with E-state index in [-0.39, 0.29) is 5.56 Å². The van der Waals surface area contributed by atoms with E-state index >= 15 is 0 Å². The summed E-state index contributed by atoms with van der Waals surface area (Å²) < 4.78 is 2.21. The molecule has 1 aromatic carbocycles. The number of benzene rings is 1. The van der Waals surface area contributed by atoms with Crippen molar-refractivity contribution in [1.29, 1.82) is 0 Å². The van der Waals surface area contributed by atoms with E-state index < -0.39 is 0 Å². The highest BCUT2D eigenvalue weighted by molar-refractivity contribution is 9.10. The molecule has 0 unspecified atom stereocenters. The van der Waals surface area contributed by atoms with Crippen molar-refractivity contribution in [2.24, 2.45) is 0 Å². The Morgan fingerprint density at radius 2 is 2.29 bits per heavy atom. The van der Waals surface area contributed by atoms with E-state index in [0.29, 0.717) is 17.4 Å². The Morgan fingerprint density at radius 1 is 1.50 bits per heavy atom. The van der Waals surface area contributed by atoms with E-state index in [9.17, 15) is 4.79 Å². The summed E-state index contributed by atoms with van der Waals surface area (Å²) in [6, 6.07) is 5.37. The molecule has 0 aliphatic heterocycles. The van der Waals surface area contributed by atoms with Gasteiger partial charge in [-0.15, -0.1) is 5.10 Å². The fourth-order valence-corrected chi connectivity index (χ4v) is 1.62. The van der Waals surface area contributed by atoms with Crippen molar-refractivity contribution >= 4 is 26.8 Å². The molecule has 14 heavy (non-hydrogen) atoms. The molecule has 0 atom stereocenters. The van der Waals surface area contributed by atoms with Crippen LogP contribution in [-0.2, 0) is 6.54 Å². The standard InChI is InChI=1S/C9H8BrN3O/c1-2-13-9(14)7-5-6(10)3-4-8(7)11-12-13/h3-5H,2H2,1H3. The van der Waals surface area contributed by atoms with Gasteiger partial charge in [0.2, 0.25) is 0 Å². The second-order valence-electron chi connectivity index (χ2n) is 2.87. The molecular formula is C9H8BrN3O. The van der Waals surface area contributed by atoms with Gasteiger partial charge in [0.1, 0.15) is 5.52 Å². The zero-order valence-corrected chi connectivity index (χ0v) is 9.15. The van der Waals surface area contributed by atoms with Crippen LogP contribution in [0.15, 0.2) is 27.5 Å². The minimum Gasteiger partial charge on any atom is -0.267 e. The smallest absolute Gasteiger partial charge is 0.267 e. The van der Waals surface area contributed by atoms with Crippen LogP contribution in [0.3, 0.4) is 0 Å². The van der Waals surface area contributed by atoms with Crippen molar-refractivity contribution in [3.63, 3.8) is 0 Å². The average molecular weight is 254 g/mol. The number of rotatable bonds is 1. The molecule has 2 rings (SSSR count). The summed E-state index contributed by atoms with van der Waals surface area (Å²) in [5, 5.41) is 8.33. The van der Waals surface area contributed by atoms with Crippen LogP contribution in [0.25, 0.3) is 10.9 Å². The first-order chi connectivity index (χ1) is 6.72. The van der Waals surface area contributed by atoms with Crippen molar-refractivity contribution in [1.82, 2.24) is 15.0 Å². The van der Waals surface area contributed by atoms with E-state index in [1.165, 1.54) is 4.68 Å². The van der Waals surface area contributed by atoms with Crippen LogP contribution in [0.1, 0.15) is 6.92 Å². The van der Waals surface area contributed by atoms with Gasteiger partial charge < -0.3 is 0 Å². The summed E-state index contributed by atoms with van der Waals surface area (Å²) in [5.41, 5.74) is 0.529. The topological polar surface area (TPSA) is 47.8 Å². The molecular weight excluding hydrogens is 246 g/mol. The SMILES string of the molecule is CCn1nnc2ccc(Br)cc2c1=O. The summed E-state index contributed by atoms with van der Waals surface area (Å²) in [4.78, 5) is 11.8. The van der Waals surface area contributed by atoms with Gasteiger partial charge >= 0.3 is 0 Å². The predicted octanol–water partition coefficient (Wildman–Crippen LogP) is 1.57. The largest absolute Gasteiger partial charge is 0.277 e. The highest BCUT2D eigenvalue weighted by atomic mass is 79.9. The second kappa shape index (κ2) is 3.49. The summed E-state index contributed by atoms with van der Waals surface area (Å²) >= 11 is 3.32. The molecule has 0 aliphatic rings. The highest BCUT2D eigenvalue weighted by Gasteiger charge is 2.03. The first-order valence-electron chi connectivity index (χ1n) is 4.25. The lowest BCUT2D eigenvalue weighted by Crippen LogP contribution is -2.23. The molecule has 1 aromatic heterocycles. The van der Waals surface area contributed by atoms with Crippen molar-refractivity contribution in [2.45, 2.75) is 13.5 Å². The molecule has 72 valence electrons. The van der Waals surface area contributed by atoms with Crippen molar-refractivity contribution < 1.29 is 0 Å². The molecule has 1 heterocycles. The van der Waals surface area contributed by atoms with Gasteiger partial charge in [0, 0.05) is 11.0 Å². The zero-order valence-electron chi connectivity index (χ0n) is 7.57. The Balaban J connectivity index is 2.87. The van der Waals surface area contributed by atoms with Crippen LogP contribution in [0.2, 0.25) is 0 Å². The van der Waals surface area contributed by atoms with Crippen molar-refractivity contribution in [2.75, 3.05) is 0 Å². The van der Waals surface area contributed by atoms with Crippen molar-refractivity contribution in [3.05, 3.63) is 33.0 Å². The van der Waals surface area contributed by atoms with Crippen molar-refractivity contribution in [3.8, 4) is 0 Å². The van der Waals surface area contributed by atoms with Gasteiger partial charge in [0.05, 0.1) is 5.39 Å². The Kier molecular flexibility index (Phi) is 2.33. The fraction of sp³-hybridized carbons (Fsp3) is 0.222. The van der Waals surface area contributed by atoms with Crippen LogP contribution in [-0.4, -0.2) is 15.0 Å². The normalized spacial score (nSPS) is 10.7. The Bertz CT molecular complexity index is 535. The van der Waals surface area contributed by atoms with Gasteiger partial charge in [0.25, 0.3) is 5.56 Å². The number of nitrogens with zero attached hydrogens (tertiary/aromatic N) is 3. The van der Waals surface area contributed by atoms with Crippen LogP contribution in [0, 0.1) is 0 Å². The van der Waals surface area contributed by atoms with E-state index in [1.54, 1.807) is 12.1 Å². The number of aryl methyl sites for hydroxylation is 1. The minimum atomic E-state index is -0.0983. The molecule has 2 aromatic rings. The predicted molar refractivity (Wildman–Crippen MR) is 57.2 cm³/mol. The van der Waals surface area contributed by atoms with E-state index in [1.807, 2.05) is 13.0 Å². The molecule has 0 radical (unpaired) electrons. The van der Waals surface area contributed by atoms with Gasteiger partial charge in [-0.05, 0) is 25.1 Å². The minimum absolute atomic E-state index is 0.0983. The Morgan fingerprint density at radius 3 is 3.00 bits per heavy atom. The maximum absolute atomic E-state index is 11.8. The second-order valence-corrected chi connectivity index (χ2v) is 3.79. The van der Waals surface area contributed by atoms with Gasteiger partial charge in [0.15, 0.2) is 0 Å². The maximum Gasteiger partial charge on any atom is 0.277 e. The molecule has 0 aliphatic carbocycles. The summed E-state index contributed by atoms with van der Waals surface area (Å²) in [6.07, 6.45) is 0. The van der Waals surface area contributed by atoms with Crippen LogP contribution in [0.5, 0.6) is 0 Å². The van der Waals surface area contributed by atoms with Crippen LogP contribution in [0.4, 0.5) is 0 Å². The van der Waals surface area contributed by atoms with Gasteiger partial charge in [-0.3, -0.25) is 4.79 Å². The number of hydrogen-bond donors (Lipinski definition) is 0. The monoisotopic (exact) mass is 253 g/mol. The first kappa shape index (κ1) is 9.33. The molecule has 0 spiro atoms. The fourth-order valence-electron chi connectivity index (χ4n) is 1.26. The summed E-state index contributed by atoms with van der Waals surface area (Å²) in [5.74, 6) is 0. The molecule has 0 fully saturated rings. The Labute approximate surface area is 88.7 Å². The average Bonchev–Trinajstić information content (AvgIpc) is 2.20. The quantitative estimate of drug-likeness (QED) is 0.776. The number of fused-ring (bicyclic) bond motifs is 1. The molecule has 5 heteroatoms. The van der Waals surface area contributed by atoms with Gasteiger partial charge in [-0.25, -0.2) is 4.68 Å². The third-order valence-electron chi connectivity index (χ3n) is 1.98. The number of halogens is 1. The zero-order chi connectivity index (χ0) is 10.1. The highest BCUT2D eigenvalue weighted by Crippen LogP contribution is 2.14. The summed E-state index contributed by atoms with van der Waals surface area (Å²) in [7, 11) is 0. The third-order valence-corrected chi connectivity index (χ3v) is 2.48. The molecule has 0 saturated carbocycles. The van der Waals surface area contributed by atoms with E-state index in [2.05, 4.69) is 26.2 Å². The van der Waals surface area contributed by atoms with E-state index in [4.69, 9.17) is 0 Å². The molecule has 0 bridgehead atoms. The lowest BCUT2D eigenvalue weighted by Gasteiger charge is -2.00.